The number of carbonyl (C=O) groups is 1. The van der Waals surface area contributed by atoms with Crippen LogP contribution < -0.4 is 5.32 Å². The minimum Gasteiger partial charge on any atom is -0.320 e. The molecule has 5 heteroatoms. The second-order valence-electron chi connectivity index (χ2n) is 3.50. The number of halogens is 1. The molecule has 0 unspecified atom stereocenters. The number of rotatable bonds is 2. The summed E-state index contributed by atoms with van der Waals surface area (Å²) >= 11 is 0. The number of pyridine rings is 2. The number of carbonyl (C=O) groups excluding carboxylic acids is 1. The molecule has 0 radical (unpaired) electrons. The van der Waals surface area contributed by atoms with Crippen LogP contribution in [0.4, 0.5) is 10.1 Å². The Balaban J connectivity index is 2.24. The zero-order valence-electron chi connectivity index (χ0n) is 9.14. The minimum absolute atomic E-state index is 0.0387. The lowest BCUT2D eigenvalue weighted by atomic mass is 10.2. The van der Waals surface area contributed by atoms with Crippen molar-refractivity contribution < 1.29 is 9.18 Å². The van der Waals surface area contributed by atoms with Crippen molar-refractivity contribution >= 4 is 11.6 Å². The molecule has 2 aromatic heterocycles. The molecule has 4 nitrogen and oxygen atoms in total. The van der Waals surface area contributed by atoms with Gasteiger partial charge in [0.15, 0.2) is 5.82 Å². The molecule has 0 aliphatic carbocycles. The smallest absolute Gasteiger partial charge is 0.258 e. The number of aromatic nitrogens is 2. The van der Waals surface area contributed by atoms with E-state index in [1.807, 2.05) is 6.92 Å². The van der Waals surface area contributed by atoms with Crippen molar-refractivity contribution in [3.05, 3.63) is 53.9 Å². The highest BCUT2D eigenvalue weighted by atomic mass is 19.1. The van der Waals surface area contributed by atoms with Gasteiger partial charge in [-0.15, -0.1) is 0 Å². The van der Waals surface area contributed by atoms with E-state index < -0.39 is 11.7 Å². The fourth-order valence-corrected chi connectivity index (χ4v) is 1.34. The minimum atomic E-state index is -0.647. The summed E-state index contributed by atoms with van der Waals surface area (Å²) in [4.78, 5) is 19.3. The molecule has 0 spiro atoms. The molecule has 0 aliphatic rings. The highest BCUT2D eigenvalue weighted by Gasteiger charge is 2.12. The van der Waals surface area contributed by atoms with Gasteiger partial charge in [0.05, 0.1) is 23.6 Å². The Hall–Kier alpha value is -2.30. The van der Waals surface area contributed by atoms with Gasteiger partial charge in [0.25, 0.3) is 5.91 Å². The number of hydrogen-bond acceptors (Lipinski definition) is 3. The maximum atomic E-state index is 13.3. The number of nitrogens with zero attached hydrogens (tertiary/aromatic N) is 2. The Morgan fingerprint density at radius 2 is 1.94 bits per heavy atom. The van der Waals surface area contributed by atoms with Gasteiger partial charge in [0.2, 0.25) is 0 Å². The molecule has 0 aromatic carbocycles. The Morgan fingerprint density at radius 1 is 1.24 bits per heavy atom. The molecule has 2 aromatic rings. The molecular formula is C12H10FN3O. The number of amides is 1. The Bertz CT molecular complexity index is 557. The van der Waals surface area contributed by atoms with Gasteiger partial charge in [0, 0.05) is 12.4 Å². The molecule has 2 heterocycles. The second kappa shape index (κ2) is 4.69. The lowest BCUT2D eigenvalue weighted by molar-refractivity contribution is 0.102. The first-order valence-electron chi connectivity index (χ1n) is 5.00. The maximum Gasteiger partial charge on any atom is 0.258 e. The van der Waals surface area contributed by atoms with Crippen LogP contribution in [0.2, 0.25) is 0 Å². The van der Waals surface area contributed by atoms with Gasteiger partial charge >= 0.3 is 0 Å². The van der Waals surface area contributed by atoms with Crippen LogP contribution in [0, 0.1) is 12.7 Å². The lowest BCUT2D eigenvalue weighted by Crippen LogP contribution is -2.14. The van der Waals surface area contributed by atoms with E-state index in [4.69, 9.17) is 0 Å². The first-order chi connectivity index (χ1) is 8.18. The number of hydrogen-bond donors (Lipinski definition) is 1. The van der Waals surface area contributed by atoms with Gasteiger partial charge in [-0.2, -0.15) is 0 Å². The molecule has 0 atom stereocenters. The molecular weight excluding hydrogens is 221 g/mol. The van der Waals surface area contributed by atoms with Crippen LogP contribution in [-0.4, -0.2) is 15.9 Å². The monoisotopic (exact) mass is 231 g/mol. The summed E-state index contributed by atoms with van der Waals surface area (Å²) in [6.45, 7) is 1.83. The van der Waals surface area contributed by atoms with Crippen molar-refractivity contribution in [2.45, 2.75) is 6.92 Å². The van der Waals surface area contributed by atoms with Gasteiger partial charge < -0.3 is 5.32 Å². The lowest BCUT2D eigenvalue weighted by Gasteiger charge is -2.07. The molecule has 2 rings (SSSR count). The summed E-state index contributed by atoms with van der Waals surface area (Å²) in [5.74, 6) is -1.16. The normalized spacial score (nSPS) is 10.0. The summed E-state index contributed by atoms with van der Waals surface area (Å²) in [5, 5.41) is 2.60. The van der Waals surface area contributed by atoms with Crippen LogP contribution in [0.15, 0.2) is 36.9 Å². The van der Waals surface area contributed by atoms with Gasteiger partial charge in [-0.3, -0.25) is 14.8 Å². The number of nitrogens with one attached hydrogen (secondary N) is 1. The van der Waals surface area contributed by atoms with Gasteiger partial charge in [-0.1, -0.05) is 0 Å². The topological polar surface area (TPSA) is 54.9 Å². The standard InChI is InChI=1S/C12H10FN3O/c1-8-2-4-15-7-11(8)16-12(17)9-3-5-14-6-10(9)13/h2-7H,1H3,(H,16,17). The van der Waals surface area contributed by atoms with Crippen LogP contribution in [0.3, 0.4) is 0 Å². The van der Waals surface area contributed by atoms with E-state index >= 15 is 0 Å². The third-order valence-electron chi connectivity index (χ3n) is 2.30. The number of aryl methyl sites for hydroxylation is 1. The molecule has 86 valence electrons. The van der Waals surface area contributed by atoms with E-state index in [0.717, 1.165) is 11.8 Å². The van der Waals surface area contributed by atoms with Crippen molar-refractivity contribution in [2.75, 3.05) is 5.32 Å². The third kappa shape index (κ3) is 2.44. The zero-order valence-corrected chi connectivity index (χ0v) is 9.14. The predicted octanol–water partition coefficient (Wildman–Crippen LogP) is 2.18. The first kappa shape index (κ1) is 11.2. The van der Waals surface area contributed by atoms with Crippen LogP contribution in [-0.2, 0) is 0 Å². The summed E-state index contributed by atoms with van der Waals surface area (Å²) in [5.41, 5.74) is 1.39. The van der Waals surface area contributed by atoms with E-state index in [1.165, 1.54) is 18.5 Å². The third-order valence-corrected chi connectivity index (χ3v) is 2.30. The molecule has 0 aliphatic heterocycles. The van der Waals surface area contributed by atoms with E-state index in [0.29, 0.717) is 5.69 Å². The van der Waals surface area contributed by atoms with Crippen molar-refractivity contribution in [2.24, 2.45) is 0 Å². The number of anilines is 1. The van der Waals surface area contributed by atoms with Gasteiger partial charge in [-0.05, 0) is 24.6 Å². The van der Waals surface area contributed by atoms with Crippen molar-refractivity contribution in [3.8, 4) is 0 Å². The predicted molar refractivity (Wildman–Crippen MR) is 61.1 cm³/mol. The first-order valence-corrected chi connectivity index (χ1v) is 5.00. The molecule has 0 saturated carbocycles. The van der Waals surface area contributed by atoms with Gasteiger partial charge in [0.1, 0.15) is 0 Å². The fraction of sp³-hybridized carbons (Fsp3) is 0.0833. The average molecular weight is 231 g/mol. The average Bonchev–Trinajstić information content (AvgIpc) is 2.32. The molecule has 1 N–H and O–H groups in total. The SMILES string of the molecule is Cc1ccncc1NC(=O)c1ccncc1F. The van der Waals surface area contributed by atoms with E-state index in [1.54, 1.807) is 12.3 Å². The van der Waals surface area contributed by atoms with Crippen molar-refractivity contribution in [1.29, 1.82) is 0 Å². The maximum absolute atomic E-state index is 13.3. The summed E-state index contributed by atoms with van der Waals surface area (Å²) in [6.07, 6.45) is 5.52. The fourth-order valence-electron chi connectivity index (χ4n) is 1.34. The Morgan fingerprint density at radius 3 is 2.65 bits per heavy atom. The molecule has 17 heavy (non-hydrogen) atoms. The second-order valence-corrected chi connectivity index (χ2v) is 3.50. The van der Waals surface area contributed by atoms with Crippen molar-refractivity contribution in [1.82, 2.24) is 9.97 Å². The quantitative estimate of drug-likeness (QED) is 0.861. The molecule has 0 saturated heterocycles. The highest BCUT2D eigenvalue weighted by molar-refractivity contribution is 6.04. The summed E-state index contributed by atoms with van der Waals surface area (Å²) in [7, 11) is 0. The molecule has 0 bridgehead atoms. The van der Waals surface area contributed by atoms with Gasteiger partial charge in [-0.25, -0.2) is 4.39 Å². The highest BCUT2D eigenvalue weighted by Crippen LogP contribution is 2.14. The van der Waals surface area contributed by atoms with E-state index in [-0.39, 0.29) is 5.56 Å². The zero-order chi connectivity index (χ0) is 12.3. The summed E-state index contributed by atoms with van der Waals surface area (Å²) in [6, 6.07) is 3.09. The van der Waals surface area contributed by atoms with Crippen LogP contribution in [0.5, 0.6) is 0 Å². The van der Waals surface area contributed by atoms with Crippen LogP contribution in [0.1, 0.15) is 15.9 Å². The largest absolute Gasteiger partial charge is 0.320 e. The van der Waals surface area contributed by atoms with Crippen molar-refractivity contribution in [3.63, 3.8) is 0 Å². The molecule has 1 amide bonds. The van der Waals surface area contributed by atoms with Crippen LogP contribution in [0.25, 0.3) is 0 Å². The van der Waals surface area contributed by atoms with Crippen LogP contribution >= 0.6 is 0 Å². The Labute approximate surface area is 97.5 Å². The Kier molecular flexibility index (Phi) is 3.09. The summed E-state index contributed by atoms with van der Waals surface area (Å²) < 4.78 is 13.3. The van der Waals surface area contributed by atoms with E-state index in [9.17, 15) is 9.18 Å². The molecule has 0 fully saturated rings. The van der Waals surface area contributed by atoms with E-state index in [2.05, 4.69) is 15.3 Å².